The third-order valence-corrected chi connectivity index (χ3v) is 8.72. The Morgan fingerprint density at radius 3 is 2.54 bits per heavy atom. The van der Waals surface area contributed by atoms with E-state index < -0.39 is 35.6 Å². The number of esters is 1. The van der Waals surface area contributed by atoms with Crippen LogP contribution in [0.2, 0.25) is 0 Å². The van der Waals surface area contributed by atoms with Gasteiger partial charge in [0, 0.05) is 17.7 Å². The minimum atomic E-state index is -1.23. The van der Waals surface area contributed by atoms with E-state index in [-0.39, 0.29) is 29.8 Å². The van der Waals surface area contributed by atoms with Crippen molar-refractivity contribution in [2.75, 3.05) is 0 Å². The number of aliphatic hydroxyl groups excluding tert-OH is 2. The van der Waals surface area contributed by atoms with Crippen LogP contribution in [0, 0.1) is 24.2 Å². The lowest BCUT2D eigenvalue weighted by Gasteiger charge is -2.34. The second kappa shape index (κ2) is 10.8. The number of rotatable bonds is 2. The number of nitrogens with zero attached hydrogens (tertiary/aromatic N) is 1. The van der Waals surface area contributed by atoms with Crippen LogP contribution in [0.1, 0.15) is 84.3 Å². The summed E-state index contributed by atoms with van der Waals surface area (Å²) in [5.74, 6) is -1.55. The Labute approximate surface area is 212 Å². The summed E-state index contributed by atoms with van der Waals surface area (Å²) in [4.78, 5) is 30.6. The predicted molar refractivity (Wildman–Crippen MR) is 136 cm³/mol. The van der Waals surface area contributed by atoms with Crippen molar-refractivity contribution in [3.8, 4) is 0 Å². The van der Waals surface area contributed by atoms with Crippen LogP contribution in [0.25, 0.3) is 6.08 Å². The molecule has 0 spiro atoms. The highest BCUT2D eigenvalue weighted by atomic mass is 32.1. The van der Waals surface area contributed by atoms with E-state index in [0.29, 0.717) is 6.42 Å². The monoisotopic (exact) mass is 507 g/mol. The summed E-state index contributed by atoms with van der Waals surface area (Å²) < 4.78 is 11.9. The van der Waals surface area contributed by atoms with E-state index in [1.807, 2.05) is 32.2 Å². The molecule has 7 atom stereocenters. The number of cyclic esters (lactones) is 1. The summed E-state index contributed by atoms with van der Waals surface area (Å²) in [6.07, 6.45) is 1.98. The van der Waals surface area contributed by atoms with Crippen molar-refractivity contribution in [3.05, 3.63) is 21.7 Å². The fourth-order valence-corrected chi connectivity index (χ4v) is 5.64. The van der Waals surface area contributed by atoms with Gasteiger partial charge < -0.3 is 19.7 Å². The van der Waals surface area contributed by atoms with Gasteiger partial charge in [-0.25, -0.2) is 4.98 Å². The van der Waals surface area contributed by atoms with Crippen molar-refractivity contribution < 1.29 is 29.3 Å². The highest BCUT2D eigenvalue weighted by Gasteiger charge is 2.53. The number of aliphatic hydroxyl groups is 2. The van der Waals surface area contributed by atoms with Crippen molar-refractivity contribution in [1.29, 1.82) is 0 Å². The van der Waals surface area contributed by atoms with Crippen LogP contribution >= 0.6 is 11.3 Å². The molecule has 1 aromatic heterocycles. The van der Waals surface area contributed by atoms with Gasteiger partial charge in [-0.3, -0.25) is 9.59 Å². The number of fused-ring (bicyclic) bond motifs is 1. The number of thiazole rings is 1. The number of Topliss-reactive ketones (excluding diaryl/α,β-unsaturated/α-hetero) is 1. The first-order chi connectivity index (χ1) is 16.2. The fraction of sp³-hybridized carbons (Fsp3) is 0.741. The third-order valence-electron chi connectivity index (χ3n) is 7.93. The van der Waals surface area contributed by atoms with Gasteiger partial charge in [-0.15, -0.1) is 11.3 Å². The molecule has 0 aliphatic carbocycles. The largest absolute Gasteiger partial charge is 0.458 e. The molecule has 2 aliphatic rings. The summed E-state index contributed by atoms with van der Waals surface area (Å²) in [5.41, 5.74) is 0.179. The number of epoxide rings is 1. The Kier molecular flexibility index (Phi) is 8.62. The molecule has 3 rings (SSSR count). The maximum atomic E-state index is 13.2. The van der Waals surface area contributed by atoms with Crippen molar-refractivity contribution in [3.63, 3.8) is 0 Å². The van der Waals surface area contributed by atoms with E-state index >= 15 is 0 Å². The number of carbonyl (C=O) groups excluding carboxylic acids is 2. The molecule has 2 N–H and O–H groups in total. The number of carbonyl (C=O) groups is 2. The molecule has 0 radical (unpaired) electrons. The van der Waals surface area contributed by atoms with E-state index in [1.54, 1.807) is 32.1 Å². The lowest BCUT2D eigenvalue weighted by Crippen LogP contribution is -2.45. The second-order valence-corrected chi connectivity index (χ2v) is 12.3. The van der Waals surface area contributed by atoms with Crippen LogP contribution in [0.15, 0.2) is 11.0 Å². The number of hydrogen-bond acceptors (Lipinski definition) is 8. The molecule has 0 saturated carbocycles. The van der Waals surface area contributed by atoms with Gasteiger partial charge in [0.2, 0.25) is 0 Å². The zero-order valence-corrected chi connectivity index (χ0v) is 22.9. The standard InChI is InChI=1S/C27H41NO6S/c1-15-9-8-10-27(7)22(34-27)12-20(16(2)11-19-14-35-18(4)28-19)33-23(30)13-21(29)26(5,6)25(32)17(3)24(15)31/h11,14-15,17,20-22,24,29,31H,8-10,12-13H2,1-7H3/b16-11-/t15-,17+,20-,21-,22-,24-,27+/m0/s1. The van der Waals surface area contributed by atoms with Crippen molar-refractivity contribution in [2.45, 2.75) is 111 Å². The van der Waals surface area contributed by atoms with Gasteiger partial charge in [-0.2, -0.15) is 0 Å². The molecule has 7 nitrogen and oxygen atoms in total. The number of ether oxygens (including phenoxy) is 2. The van der Waals surface area contributed by atoms with E-state index in [2.05, 4.69) is 11.9 Å². The van der Waals surface area contributed by atoms with Gasteiger partial charge >= 0.3 is 5.97 Å². The van der Waals surface area contributed by atoms with Gasteiger partial charge in [0.05, 0.1) is 46.5 Å². The summed E-state index contributed by atoms with van der Waals surface area (Å²) in [7, 11) is 0. The maximum absolute atomic E-state index is 13.2. The van der Waals surface area contributed by atoms with Gasteiger partial charge in [0.25, 0.3) is 0 Å². The molecule has 1 aromatic rings. The molecule has 2 fully saturated rings. The van der Waals surface area contributed by atoms with Crippen LogP contribution in [-0.2, 0) is 19.1 Å². The molecule has 0 aromatic carbocycles. The van der Waals surface area contributed by atoms with E-state index in [4.69, 9.17) is 9.47 Å². The summed E-state index contributed by atoms with van der Waals surface area (Å²) >= 11 is 1.56. The fourth-order valence-electron chi connectivity index (χ4n) is 5.07. The molecule has 35 heavy (non-hydrogen) atoms. The van der Waals surface area contributed by atoms with E-state index in [1.165, 1.54) is 0 Å². The normalized spacial score (nSPS) is 37.5. The smallest absolute Gasteiger partial charge is 0.309 e. The molecule has 196 valence electrons. The van der Waals surface area contributed by atoms with E-state index in [9.17, 15) is 19.8 Å². The van der Waals surface area contributed by atoms with Gasteiger partial charge in [-0.05, 0) is 51.2 Å². The minimum Gasteiger partial charge on any atom is -0.458 e. The van der Waals surface area contributed by atoms with Gasteiger partial charge in [-0.1, -0.05) is 34.1 Å². The number of hydrogen-bond donors (Lipinski definition) is 2. The SMILES string of the molecule is C/C(=C/c1csc(C)n1)[C@@H]1C[C@@H]2O[C@]2(C)CCC[C@H](C)[C@H](O)[C@@H](C)C(=O)C(C)(C)[C@@H](O)CC(=O)O1. The van der Waals surface area contributed by atoms with Crippen LogP contribution in [-0.4, -0.2) is 57.0 Å². The lowest BCUT2D eigenvalue weighted by atomic mass is 9.73. The van der Waals surface area contributed by atoms with Crippen LogP contribution < -0.4 is 0 Å². The number of ketones is 1. The lowest BCUT2D eigenvalue weighted by molar-refractivity contribution is -0.154. The average molecular weight is 508 g/mol. The second-order valence-electron chi connectivity index (χ2n) is 11.3. The Morgan fingerprint density at radius 1 is 1.23 bits per heavy atom. The molecular weight excluding hydrogens is 466 g/mol. The first-order valence-electron chi connectivity index (χ1n) is 12.6. The van der Waals surface area contributed by atoms with Crippen LogP contribution in [0.4, 0.5) is 0 Å². The predicted octanol–water partition coefficient (Wildman–Crippen LogP) is 4.48. The zero-order valence-electron chi connectivity index (χ0n) is 22.0. The quantitative estimate of drug-likeness (QED) is 0.449. The Bertz CT molecular complexity index is 955. The molecule has 2 saturated heterocycles. The highest BCUT2D eigenvalue weighted by Crippen LogP contribution is 2.45. The average Bonchev–Trinajstić information content (AvgIpc) is 3.22. The molecule has 3 heterocycles. The molecular formula is C27H41NO6S. The Morgan fingerprint density at radius 2 is 1.91 bits per heavy atom. The molecule has 0 unspecified atom stereocenters. The topological polar surface area (TPSA) is 109 Å². The number of aryl methyl sites for hydroxylation is 1. The first kappa shape index (κ1) is 28.0. The zero-order chi connectivity index (χ0) is 26.1. The third kappa shape index (κ3) is 6.59. The molecule has 2 aliphatic heterocycles. The highest BCUT2D eigenvalue weighted by molar-refractivity contribution is 7.09. The summed E-state index contributed by atoms with van der Waals surface area (Å²) in [6.45, 7) is 12.8. The molecule has 0 amide bonds. The summed E-state index contributed by atoms with van der Waals surface area (Å²) in [6, 6.07) is 0. The van der Waals surface area contributed by atoms with Crippen LogP contribution in [0.3, 0.4) is 0 Å². The first-order valence-corrected chi connectivity index (χ1v) is 13.5. The summed E-state index contributed by atoms with van der Waals surface area (Å²) in [5, 5.41) is 24.6. The molecule has 8 heteroatoms. The maximum Gasteiger partial charge on any atom is 0.309 e. The van der Waals surface area contributed by atoms with Crippen molar-refractivity contribution >= 4 is 29.2 Å². The van der Waals surface area contributed by atoms with Crippen molar-refractivity contribution in [1.82, 2.24) is 4.98 Å². The van der Waals surface area contributed by atoms with E-state index in [0.717, 1.165) is 35.5 Å². The number of aromatic nitrogens is 1. The van der Waals surface area contributed by atoms with Gasteiger partial charge in [0.15, 0.2) is 0 Å². The molecule has 0 bridgehead atoms. The Hall–Kier alpha value is -1.61. The minimum absolute atomic E-state index is 0.0455. The van der Waals surface area contributed by atoms with Gasteiger partial charge in [0.1, 0.15) is 11.9 Å². The Balaban J connectivity index is 1.85. The van der Waals surface area contributed by atoms with Crippen LogP contribution in [0.5, 0.6) is 0 Å². The van der Waals surface area contributed by atoms with Crippen molar-refractivity contribution in [2.24, 2.45) is 17.3 Å².